The first-order valence-electron chi connectivity index (χ1n) is 6.90. The number of nitrogens with zero attached hydrogens (tertiary/aromatic N) is 2. The smallest absolute Gasteiger partial charge is 0.153 e. The van der Waals surface area contributed by atoms with Gasteiger partial charge in [0, 0.05) is 0 Å². The molecule has 0 amide bonds. The molecule has 0 fully saturated rings. The van der Waals surface area contributed by atoms with Crippen molar-refractivity contribution >= 4 is 11.0 Å². The van der Waals surface area contributed by atoms with Crippen molar-refractivity contribution in [2.24, 2.45) is 0 Å². The quantitative estimate of drug-likeness (QED) is 0.677. The predicted molar refractivity (Wildman–Crippen MR) is 84.1 cm³/mol. The Bertz CT molecular complexity index is 784. The first-order chi connectivity index (χ1) is 10.3. The Morgan fingerprint density at radius 2 is 1.86 bits per heavy atom. The number of imidazole rings is 1. The van der Waals surface area contributed by atoms with E-state index in [0.29, 0.717) is 6.54 Å². The van der Waals surface area contributed by atoms with Crippen LogP contribution < -0.4 is 4.74 Å². The summed E-state index contributed by atoms with van der Waals surface area (Å²) in [4.78, 5) is 4.67. The third kappa shape index (κ3) is 2.61. The van der Waals surface area contributed by atoms with Crippen LogP contribution in [-0.4, -0.2) is 9.55 Å². The molecule has 0 bridgehead atoms. The molecule has 2 aromatic carbocycles. The van der Waals surface area contributed by atoms with Gasteiger partial charge in [-0.25, -0.2) is 4.98 Å². The summed E-state index contributed by atoms with van der Waals surface area (Å²) < 4.78 is 8.00. The first-order valence-corrected chi connectivity index (χ1v) is 6.90. The van der Waals surface area contributed by atoms with Gasteiger partial charge in [0.2, 0.25) is 0 Å². The minimum Gasteiger partial charge on any atom is -0.483 e. The zero-order valence-corrected chi connectivity index (χ0v) is 11.9. The fourth-order valence-electron chi connectivity index (χ4n) is 2.42. The van der Waals surface area contributed by atoms with Crippen LogP contribution in [0.3, 0.4) is 0 Å². The summed E-state index contributed by atoms with van der Waals surface area (Å²) in [7, 11) is 0. The summed E-state index contributed by atoms with van der Waals surface area (Å²) in [6.07, 6.45) is 5.32. The van der Waals surface area contributed by atoms with E-state index in [1.54, 1.807) is 0 Å². The van der Waals surface area contributed by atoms with Crippen molar-refractivity contribution in [1.29, 1.82) is 0 Å². The maximum Gasteiger partial charge on any atom is 0.153 e. The van der Waals surface area contributed by atoms with Crippen molar-refractivity contribution in [1.82, 2.24) is 9.55 Å². The number of para-hydroxylation sites is 3. The zero-order valence-electron chi connectivity index (χ0n) is 11.9. The van der Waals surface area contributed by atoms with Gasteiger partial charge in [-0.05, 0) is 31.2 Å². The van der Waals surface area contributed by atoms with Crippen molar-refractivity contribution in [2.75, 3.05) is 0 Å². The van der Waals surface area contributed by atoms with Gasteiger partial charge in [0.1, 0.15) is 5.75 Å². The Morgan fingerprint density at radius 1 is 1.14 bits per heavy atom. The molecule has 0 saturated heterocycles. The molecule has 0 aliphatic carbocycles. The summed E-state index contributed by atoms with van der Waals surface area (Å²) in [5.74, 6) is 4.36. The average Bonchev–Trinajstić information content (AvgIpc) is 2.88. The molecular formula is C18H16N2O. The highest BCUT2D eigenvalue weighted by atomic mass is 16.5. The summed E-state index contributed by atoms with van der Waals surface area (Å²) in [5.41, 5.74) is 1.97. The summed E-state index contributed by atoms with van der Waals surface area (Å²) in [6, 6.07) is 17.7. The van der Waals surface area contributed by atoms with Crippen molar-refractivity contribution in [3.63, 3.8) is 0 Å². The normalized spacial score (nSPS) is 12.0. The van der Waals surface area contributed by atoms with Gasteiger partial charge in [0.25, 0.3) is 0 Å². The van der Waals surface area contributed by atoms with Crippen LogP contribution in [0.5, 0.6) is 5.75 Å². The molecule has 0 aliphatic rings. The largest absolute Gasteiger partial charge is 0.483 e. The number of benzene rings is 2. The number of rotatable bonds is 4. The molecule has 1 aromatic heterocycles. The molecule has 104 valence electrons. The molecule has 3 nitrogen and oxygen atoms in total. The SMILES string of the molecule is C#CCn1c([C@H](C)Oc2ccccc2)nc2ccccc21. The molecule has 21 heavy (non-hydrogen) atoms. The summed E-state index contributed by atoms with van der Waals surface area (Å²) >= 11 is 0. The van der Waals surface area contributed by atoms with E-state index >= 15 is 0 Å². The predicted octanol–water partition coefficient (Wildman–Crippen LogP) is 3.81. The Balaban J connectivity index is 1.99. The Hall–Kier alpha value is -2.73. The lowest BCUT2D eigenvalue weighted by Gasteiger charge is -2.15. The van der Waals surface area contributed by atoms with Crippen LogP contribution in [0.1, 0.15) is 18.9 Å². The minimum atomic E-state index is -0.173. The topological polar surface area (TPSA) is 27.1 Å². The monoisotopic (exact) mass is 276 g/mol. The van der Waals surface area contributed by atoms with Gasteiger partial charge in [-0.3, -0.25) is 0 Å². The van der Waals surface area contributed by atoms with Crippen LogP contribution in [0.4, 0.5) is 0 Å². The van der Waals surface area contributed by atoms with Gasteiger partial charge in [-0.15, -0.1) is 6.42 Å². The number of hydrogen-bond acceptors (Lipinski definition) is 2. The molecule has 0 spiro atoms. The molecule has 0 radical (unpaired) electrons. The molecule has 3 heteroatoms. The van der Waals surface area contributed by atoms with Crippen LogP contribution in [-0.2, 0) is 6.54 Å². The van der Waals surface area contributed by atoms with Gasteiger partial charge >= 0.3 is 0 Å². The Morgan fingerprint density at radius 3 is 2.62 bits per heavy atom. The Labute approximate surface area is 124 Å². The molecule has 0 N–H and O–H groups in total. The van der Waals surface area contributed by atoms with E-state index in [1.807, 2.05) is 66.1 Å². The second-order valence-corrected chi connectivity index (χ2v) is 4.82. The van der Waals surface area contributed by atoms with Gasteiger partial charge in [0.05, 0.1) is 17.6 Å². The summed E-state index contributed by atoms with van der Waals surface area (Å²) in [6.45, 7) is 2.47. The van der Waals surface area contributed by atoms with E-state index < -0.39 is 0 Å². The van der Waals surface area contributed by atoms with Crippen LogP contribution in [0.2, 0.25) is 0 Å². The lowest BCUT2D eigenvalue weighted by atomic mass is 10.3. The van der Waals surface area contributed by atoms with E-state index in [-0.39, 0.29) is 6.10 Å². The van der Waals surface area contributed by atoms with Gasteiger partial charge in [0.15, 0.2) is 11.9 Å². The van der Waals surface area contributed by atoms with Crippen molar-refractivity contribution in [2.45, 2.75) is 19.6 Å². The number of aromatic nitrogens is 2. The van der Waals surface area contributed by atoms with E-state index in [1.165, 1.54) is 0 Å². The second-order valence-electron chi connectivity index (χ2n) is 4.82. The maximum absolute atomic E-state index is 5.97. The molecule has 0 saturated carbocycles. The first kappa shape index (κ1) is 13.3. The van der Waals surface area contributed by atoms with Crippen LogP contribution in [0.15, 0.2) is 54.6 Å². The summed E-state index contributed by atoms with van der Waals surface area (Å²) in [5, 5.41) is 0. The number of terminal acetylenes is 1. The minimum absolute atomic E-state index is 0.173. The van der Waals surface area contributed by atoms with Gasteiger partial charge in [-0.2, -0.15) is 0 Å². The Kier molecular flexibility index (Phi) is 3.61. The van der Waals surface area contributed by atoms with Crippen molar-refractivity contribution < 1.29 is 4.74 Å². The maximum atomic E-state index is 5.97. The van der Waals surface area contributed by atoms with Crippen molar-refractivity contribution in [3.05, 3.63) is 60.4 Å². The molecule has 0 aliphatic heterocycles. The number of hydrogen-bond donors (Lipinski definition) is 0. The molecular weight excluding hydrogens is 260 g/mol. The highest BCUT2D eigenvalue weighted by molar-refractivity contribution is 5.76. The highest BCUT2D eigenvalue weighted by Gasteiger charge is 2.17. The highest BCUT2D eigenvalue weighted by Crippen LogP contribution is 2.24. The molecule has 0 unspecified atom stereocenters. The lowest BCUT2D eigenvalue weighted by Crippen LogP contribution is -2.11. The van der Waals surface area contributed by atoms with E-state index in [2.05, 4.69) is 10.9 Å². The third-order valence-corrected chi connectivity index (χ3v) is 3.35. The van der Waals surface area contributed by atoms with Gasteiger partial charge in [-0.1, -0.05) is 36.3 Å². The van der Waals surface area contributed by atoms with Crippen molar-refractivity contribution in [3.8, 4) is 18.1 Å². The fraction of sp³-hybridized carbons (Fsp3) is 0.167. The molecule has 1 heterocycles. The van der Waals surface area contributed by atoms with E-state index in [0.717, 1.165) is 22.6 Å². The van der Waals surface area contributed by atoms with Crippen LogP contribution in [0, 0.1) is 12.3 Å². The van der Waals surface area contributed by atoms with Crippen LogP contribution >= 0.6 is 0 Å². The van der Waals surface area contributed by atoms with E-state index in [9.17, 15) is 0 Å². The average molecular weight is 276 g/mol. The molecule has 1 atom stereocenters. The van der Waals surface area contributed by atoms with E-state index in [4.69, 9.17) is 11.2 Å². The fourth-order valence-corrected chi connectivity index (χ4v) is 2.42. The molecule has 3 aromatic rings. The number of ether oxygens (including phenoxy) is 1. The lowest BCUT2D eigenvalue weighted by molar-refractivity contribution is 0.212. The second kappa shape index (κ2) is 5.72. The van der Waals surface area contributed by atoms with Gasteiger partial charge < -0.3 is 9.30 Å². The van der Waals surface area contributed by atoms with Crippen LogP contribution in [0.25, 0.3) is 11.0 Å². The standard InChI is InChI=1S/C18H16N2O/c1-3-13-20-17-12-8-7-11-16(17)19-18(20)14(2)21-15-9-5-4-6-10-15/h1,4-12,14H,13H2,2H3/t14-/m0/s1. The third-order valence-electron chi connectivity index (χ3n) is 3.35. The zero-order chi connectivity index (χ0) is 14.7. The number of fused-ring (bicyclic) bond motifs is 1. The molecule has 3 rings (SSSR count).